The number of rotatable bonds is 7. The second-order valence-electron chi connectivity index (χ2n) is 8.11. The quantitative estimate of drug-likeness (QED) is 0.607. The third kappa shape index (κ3) is 4.00. The molecule has 3 aromatic rings. The van der Waals surface area contributed by atoms with Gasteiger partial charge < -0.3 is 14.4 Å². The van der Waals surface area contributed by atoms with Gasteiger partial charge in [0.05, 0.1) is 19.3 Å². The molecule has 0 amide bonds. The van der Waals surface area contributed by atoms with Gasteiger partial charge in [-0.2, -0.15) is 0 Å². The standard InChI is InChI=1S/C25H30N2O3/c1-18-23(16-19-9-11-20(12-10-19)25(29)30-2)22-7-3-4-8-24(22)27(18)15-14-26-13-5-6-21(26)17-28/h3-4,7-12,21,28H,5-6,13-17H2,1-2H3. The molecule has 0 spiro atoms. The SMILES string of the molecule is COC(=O)c1ccc(Cc2c(C)n(CCN3CCCC3CO)c3ccccc23)cc1. The van der Waals surface area contributed by atoms with Crippen LogP contribution in [0, 0.1) is 6.92 Å². The second-order valence-corrected chi connectivity index (χ2v) is 8.11. The Bertz CT molecular complexity index is 1020. The maximum Gasteiger partial charge on any atom is 0.337 e. The van der Waals surface area contributed by atoms with Gasteiger partial charge in [0.1, 0.15) is 0 Å². The molecular weight excluding hydrogens is 376 g/mol. The lowest BCUT2D eigenvalue weighted by molar-refractivity contribution is 0.0600. The van der Waals surface area contributed by atoms with Crippen LogP contribution in [0.25, 0.3) is 10.9 Å². The summed E-state index contributed by atoms with van der Waals surface area (Å²) in [7, 11) is 1.40. The molecule has 5 nitrogen and oxygen atoms in total. The third-order valence-corrected chi connectivity index (χ3v) is 6.44. The van der Waals surface area contributed by atoms with Crippen LogP contribution in [-0.2, 0) is 17.7 Å². The lowest BCUT2D eigenvalue weighted by Gasteiger charge is -2.23. The molecule has 2 aromatic carbocycles. The van der Waals surface area contributed by atoms with Crippen molar-refractivity contribution in [3.8, 4) is 0 Å². The van der Waals surface area contributed by atoms with Crippen LogP contribution in [0.3, 0.4) is 0 Å². The van der Waals surface area contributed by atoms with Crippen molar-refractivity contribution in [1.82, 2.24) is 9.47 Å². The molecule has 1 saturated heterocycles. The number of benzene rings is 2. The Labute approximate surface area is 177 Å². The Morgan fingerprint density at radius 1 is 1.13 bits per heavy atom. The minimum Gasteiger partial charge on any atom is -0.465 e. The van der Waals surface area contributed by atoms with Crippen LogP contribution in [0.1, 0.15) is 40.0 Å². The van der Waals surface area contributed by atoms with E-state index in [0.717, 1.165) is 32.5 Å². The van der Waals surface area contributed by atoms with E-state index in [9.17, 15) is 9.90 Å². The van der Waals surface area contributed by atoms with Crippen molar-refractivity contribution in [2.24, 2.45) is 0 Å². The number of esters is 1. The van der Waals surface area contributed by atoms with E-state index < -0.39 is 0 Å². The zero-order valence-corrected chi connectivity index (χ0v) is 17.8. The molecule has 4 rings (SSSR count). The van der Waals surface area contributed by atoms with Gasteiger partial charge in [-0.05, 0) is 62.1 Å². The minimum absolute atomic E-state index is 0.248. The number of ether oxygens (including phenoxy) is 1. The Morgan fingerprint density at radius 2 is 1.90 bits per heavy atom. The maximum absolute atomic E-state index is 11.7. The number of aromatic nitrogens is 1. The molecule has 0 aliphatic carbocycles. The Kier molecular flexibility index (Phi) is 6.21. The highest BCUT2D eigenvalue weighted by Crippen LogP contribution is 2.28. The number of para-hydroxylation sites is 1. The predicted octanol–water partition coefficient (Wildman–Crippen LogP) is 3.78. The summed E-state index contributed by atoms with van der Waals surface area (Å²) in [6.45, 7) is 5.40. The topological polar surface area (TPSA) is 54.7 Å². The van der Waals surface area contributed by atoms with E-state index in [1.165, 1.54) is 41.3 Å². The van der Waals surface area contributed by atoms with E-state index in [-0.39, 0.29) is 12.6 Å². The fourth-order valence-electron chi connectivity index (χ4n) is 4.72. The number of aliphatic hydroxyl groups is 1. The predicted molar refractivity (Wildman–Crippen MR) is 119 cm³/mol. The van der Waals surface area contributed by atoms with Crippen LogP contribution >= 0.6 is 0 Å². The second kappa shape index (κ2) is 9.02. The number of nitrogens with zero attached hydrogens (tertiary/aromatic N) is 2. The first-order chi connectivity index (χ1) is 14.6. The van der Waals surface area contributed by atoms with Gasteiger partial charge in [-0.3, -0.25) is 4.90 Å². The van der Waals surface area contributed by atoms with Crippen LogP contribution in [0.2, 0.25) is 0 Å². The molecule has 1 aromatic heterocycles. The lowest BCUT2D eigenvalue weighted by atomic mass is 10.0. The van der Waals surface area contributed by atoms with Gasteiger partial charge in [-0.15, -0.1) is 0 Å². The van der Waals surface area contributed by atoms with Crippen LogP contribution in [0.15, 0.2) is 48.5 Å². The first-order valence-corrected chi connectivity index (χ1v) is 10.7. The van der Waals surface area contributed by atoms with Crippen molar-refractivity contribution in [2.75, 3.05) is 26.8 Å². The number of methoxy groups -OCH3 is 1. The van der Waals surface area contributed by atoms with E-state index >= 15 is 0 Å². The monoisotopic (exact) mass is 406 g/mol. The Hall–Kier alpha value is -2.63. The van der Waals surface area contributed by atoms with Crippen LogP contribution < -0.4 is 0 Å². The molecule has 1 aliphatic heterocycles. The summed E-state index contributed by atoms with van der Waals surface area (Å²) in [5.74, 6) is -0.308. The van der Waals surface area contributed by atoms with Crippen LogP contribution in [0.4, 0.5) is 0 Å². The fourth-order valence-corrected chi connectivity index (χ4v) is 4.72. The van der Waals surface area contributed by atoms with E-state index in [2.05, 4.69) is 40.7 Å². The Balaban J connectivity index is 1.59. The van der Waals surface area contributed by atoms with Gasteiger partial charge in [-0.1, -0.05) is 30.3 Å². The molecule has 1 atom stereocenters. The molecule has 0 bridgehead atoms. The van der Waals surface area contributed by atoms with E-state index in [0.29, 0.717) is 11.6 Å². The normalized spacial score (nSPS) is 17.0. The molecule has 0 radical (unpaired) electrons. The molecule has 1 aliphatic rings. The van der Waals surface area contributed by atoms with Crippen molar-refractivity contribution in [3.05, 3.63) is 70.9 Å². The zero-order valence-electron chi connectivity index (χ0n) is 17.8. The fraction of sp³-hybridized carbons (Fsp3) is 0.400. The minimum atomic E-state index is -0.308. The highest BCUT2D eigenvalue weighted by atomic mass is 16.5. The summed E-state index contributed by atoms with van der Waals surface area (Å²) < 4.78 is 7.21. The zero-order chi connectivity index (χ0) is 21.1. The number of fused-ring (bicyclic) bond motifs is 1. The number of carbonyl (C=O) groups excluding carboxylic acids is 1. The molecule has 5 heteroatoms. The smallest absolute Gasteiger partial charge is 0.337 e. The van der Waals surface area contributed by atoms with Crippen molar-refractivity contribution >= 4 is 16.9 Å². The molecule has 30 heavy (non-hydrogen) atoms. The van der Waals surface area contributed by atoms with Crippen molar-refractivity contribution in [2.45, 2.75) is 38.8 Å². The molecule has 1 N–H and O–H groups in total. The maximum atomic E-state index is 11.7. The van der Waals surface area contributed by atoms with Gasteiger partial charge in [0.2, 0.25) is 0 Å². The first kappa shape index (κ1) is 20.6. The summed E-state index contributed by atoms with van der Waals surface area (Å²) in [4.78, 5) is 14.1. The van der Waals surface area contributed by atoms with Crippen LogP contribution in [0.5, 0.6) is 0 Å². The first-order valence-electron chi connectivity index (χ1n) is 10.7. The van der Waals surface area contributed by atoms with Crippen molar-refractivity contribution in [1.29, 1.82) is 0 Å². The molecule has 1 fully saturated rings. The number of likely N-dealkylation sites (tertiary alicyclic amines) is 1. The summed E-state index contributed by atoms with van der Waals surface area (Å²) in [6.07, 6.45) is 3.09. The van der Waals surface area contributed by atoms with Gasteiger partial charge in [0.25, 0.3) is 0 Å². The number of carbonyl (C=O) groups is 1. The lowest BCUT2D eigenvalue weighted by Crippen LogP contribution is -2.34. The summed E-state index contributed by atoms with van der Waals surface area (Å²) in [5, 5.41) is 10.9. The van der Waals surface area contributed by atoms with Gasteiger partial charge in [0, 0.05) is 35.7 Å². The highest BCUT2D eigenvalue weighted by Gasteiger charge is 2.24. The number of aliphatic hydroxyl groups excluding tert-OH is 1. The molecular formula is C25H30N2O3. The van der Waals surface area contributed by atoms with E-state index in [1.807, 2.05) is 24.3 Å². The highest BCUT2D eigenvalue weighted by molar-refractivity contribution is 5.89. The molecule has 0 saturated carbocycles. The average molecular weight is 407 g/mol. The van der Waals surface area contributed by atoms with Gasteiger partial charge in [0.15, 0.2) is 0 Å². The average Bonchev–Trinajstić information content (AvgIpc) is 3.35. The number of hydrogen-bond donors (Lipinski definition) is 1. The molecule has 158 valence electrons. The van der Waals surface area contributed by atoms with E-state index in [4.69, 9.17) is 4.74 Å². The molecule has 1 unspecified atom stereocenters. The van der Waals surface area contributed by atoms with Gasteiger partial charge in [-0.25, -0.2) is 4.79 Å². The Morgan fingerprint density at radius 3 is 2.63 bits per heavy atom. The third-order valence-electron chi connectivity index (χ3n) is 6.44. The van der Waals surface area contributed by atoms with E-state index in [1.54, 1.807) is 0 Å². The van der Waals surface area contributed by atoms with Crippen molar-refractivity contribution < 1.29 is 14.6 Å². The largest absolute Gasteiger partial charge is 0.465 e. The molecule has 2 heterocycles. The summed E-state index contributed by atoms with van der Waals surface area (Å²) >= 11 is 0. The van der Waals surface area contributed by atoms with Crippen molar-refractivity contribution in [3.63, 3.8) is 0 Å². The summed E-state index contributed by atoms with van der Waals surface area (Å²) in [5.41, 5.74) is 5.62. The summed E-state index contributed by atoms with van der Waals surface area (Å²) in [6, 6.07) is 16.6. The van der Waals surface area contributed by atoms with Crippen LogP contribution in [-0.4, -0.2) is 53.4 Å². The van der Waals surface area contributed by atoms with Gasteiger partial charge >= 0.3 is 5.97 Å². The number of hydrogen-bond acceptors (Lipinski definition) is 4.